The quantitative estimate of drug-likeness (QED) is 0.737. The number of rotatable bonds is 1. The molecule has 1 saturated carbocycles. The number of pyridine rings is 1. The lowest BCUT2D eigenvalue weighted by Gasteiger charge is -2.24. The van der Waals surface area contributed by atoms with Crippen molar-refractivity contribution in [3.05, 3.63) is 29.6 Å². The van der Waals surface area contributed by atoms with Crippen LogP contribution in [0.5, 0.6) is 0 Å². The third kappa shape index (κ3) is 1.67. The zero-order chi connectivity index (χ0) is 10.2. The molecule has 1 heterocycles. The van der Waals surface area contributed by atoms with Crippen LogP contribution in [0.4, 0.5) is 0 Å². The van der Waals surface area contributed by atoms with E-state index >= 15 is 0 Å². The summed E-state index contributed by atoms with van der Waals surface area (Å²) >= 11 is 0. The summed E-state index contributed by atoms with van der Waals surface area (Å²) in [5.41, 5.74) is 8.82. The minimum Gasteiger partial charge on any atom is -0.328 e. The Morgan fingerprint density at radius 1 is 1.50 bits per heavy atom. The van der Waals surface area contributed by atoms with Crippen LogP contribution in [-0.4, -0.2) is 11.0 Å². The first kappa shape index (κ1) is 9.66. The van der Waals surface area contributed by atoms with Crippen molar-refractivity contribution < 1.29 is 0 Å². The minimum atomic E-state index is 0.262. The van der Waals surface area contributed by atoms with Crippen molar-refractivity contribution in [3.8, 4) is 0 Å². The zero-order valence-electron chi connectivity index (χ0n) is 8.96. The third-order valence-electron chi connectivity index (χ3n) is 3.35. The topological polar surface area (TPSA) is 38.9 Å². The van der Waals surface area contributed by atoms with Crippen LogP contribution in [0.15, 0.2) is 18.5 Å². The molecule has 2 N–H and O–H groups in total. The highest BCUT2D eigenvalue weighted by atomic mass is 14.7. The fourth-order valence-corrected chi connectivity index (χ4v) is 2.43. The Kier molecular flexibility index (Phi) is 2.31. The second-order valence-corrected chi connectivity index (χ2v) is 4.81. The molecule has 0 saturated heterocycles. The molecule has 2 nitrogen and oxygen atoms in total. The summed E-state index contributed by atoms with van der Waals surface area (Å²) in [5.74, 6) is 0. The van der Waals surface area contributed by atoms with Crippen molar-refractivity contribution >= 4 is 0 Å². The first-order valence-electron chi connectivity index (χ1n) is 5.28. The maximum atomic E-state index is 5.97. The van der Waals surface area contributed by atoms with Gasteiger partial charge in [0.15, 0.2) is 0 Å². The highest BCUT2D eigenvalue weighted by Crippen LogP contribution is 2.39. The lowest BCUT2D eigenvalue weighted by Crippen LogP contribution is -2.22. The van der Waals surface area contributed by atoms with E-state index in [2.05, 4.69) is 24.9 Å². The molecule has 0 bridgehead atoms. The summed E-state index contributed by atoms with van der Waals surface area (Å²) in [6.45, 7) is 4.39. The standard InChI is InChI=1S/C12H18N2/c1-9-5-10(8-14-7-9)12(2)4-3-11(13)6-12/h5,7-8,11H,3-4,6,13H2,1-2H3. The van der Waals surface area contributed by atoms with Crippen LogP contribution in [-0.2, 0) is 5.41 Å². The van der Waals surface area contributed by atoms with Gasteiger partial charge in [0.25, 0.3) is 0 Å². The van der Waals surface area contributed by atoms with E-state index in [0.717, 1.165) is 12.8 Å². The van der Waals surface area contributed by atoms with Gasteiger partial charge in [0.1, 0.15) is 0 Å². The van der Waals surface area contributed by atoms with Crippen LogP contribution in [0.1, 0.15) is 37.3 Å². The molecular weight excluding hydrogens is 172 g/mol. The Morgan fingerprint density at radius 2 is 2.29 bits per heavy atom. The van der Waals surface area contributed by atoms with Gasteiger partial charge in [-0.2, -0.15) is 0 Å². The van der Waals surface area contributed by atoms with Crippen molar-refractivity contribution in [3.63, 3.8) is 0 Å². The fraction of sp³-hybridized carbons (Fsp3) is 0.583. The molecule has 2 heteroatoms. The number of nitrogens with two attached hydrogens (primary N) is 1. The number of aromatic nitrogens is 1. The number of aryl methyl sites for hydroxylation is 1. The van der Waals surface area contributed by atoms with Gasteiger partial charge in [0, 0.05) is 18.4 Å². The average molecular weight is 190 g/mol. The van der Waals surface area contributed by atoms with Crippen LogP contribution >= 0.6 is 0 Å². The minimum absolute atomic E-state index is 0.262. The van der Waals surface area contributed by atoms with Crippen LogP contribution in [0.3, 0.4) is 0 Å². The lowest BCUT2D eigenvalue weighted by atomic mass is 9.81. The molecule has 0 radical (unpaired) electrons. The number of nitrogens with zero attached hydrogens (tertiary/aromatic N) is 1. The lowest BCUT2D eigenvalue weighted by molar-refractivity contribution is 0.480. The van der Waals surface area contributed by atoms with Gasteiger partial charge >= 0.3 is 0 Å². The van der Waals surface area contributed by atoms with Gasteiger partial charge in [-0.3, -0.25) is 4.98 Å². The van der Waals surface area contributed by atoms with Gasteiger partial charge in [-0.1, -0.05) is 13.0 Å². The summed E-state index contributed by atoms with van der Waals surface area (Å²) in [7, 11) is 0. The van der Waals surface area contributed by atoms with Gasteiger partial charge in [0.2, 0.25) is 0 Å². The maximum Gasteiger partial charge on any atom is 0.0305 e. The molecule has 2 rings (SSSR count). The van der Waals surface area contributed by atoms with Gasteiger partial charge in [0.05, 0.1) is 0 Å². The Labute approximate surface area is 85.5 Å². The maximum absolute atomic E-state index is 5.97. The van der Waals surface area contributed by atoms with Gasteiger partial charge < -0.3 is 5.73 Å². The number of hydrogen-bond acceptors (Lipinski definition) is 2. The molecule has 0 spiro atoms. The SMILES string of the molecule is Cc1cncc(C2(C)CCC(N)C2)c1. The second-order valence-electron chi connectivity index (χ2n) is 4.81. The van der Waals surface area contributed by atoms with Gasteiger partial charge in [-0.15, -0.1) is 0 Å². The molecule has 1 fully saturated rings. The first-order chi connectivity index (χ1) is 6.60. The van der Waals surface area contributed by atoms with Gasteiger partial charge in [-0.25, -0.2) is 0 Å². The number of hydrogen-bond donors (Lipinski definition) is 1. The molecule has 1 aromatic rings. The molecule has 2 atom stereocenters. The predicted octanol–water partition coefficient (Wildman–Crippen LogP) is 2.16. The van der Waals surface area contributed by atoms with E-state index in [4.69, 9.17) is 5.73 Å². The van der Waals surface area contributed by atoms with Crippen molar-refractivity contribution in [2.45, 2.75) is 44.6 Å². The molecule has 1 aliphatic rings. The van der Waals surface area contributed by atoms with Crippen LogP contribution in [0, 0.1) is 6.92 Å². The fourth-order valence-electron chi connectivity index (χ4n) is 2.43. The molecule has 2 unspecified atom stereocenters. The summed E-state index contributed by atoms with van der Waals surface area (Å²) in [5, 5.41) is 0. The predicted molar refractivity (Wildman–Crippen MR) is 58.2 cm³/mol. The van der Waals surface area contributed by atoms with Crippen molar-refractivity contribution in [2.75, 3.05) is 0 Å². The molecule has 0 amide bonds. The van der Waals surface area contributed by atoms with Crippen molar-refractivity contribution in [1.29, 1.82) is 0 Å². The van der Waals surface area contributed by atoms with Crippen LogP contribution in [0.2, 0.25) is 0 Å². The summed E-state index contributed by atoms with van der Waals surface area (Å²) in [4.78, 5) is 4.26. The van der Waals surface area contributed by atoms with E-state index in [1.807, 2.05) is 12.4 Å². The summed E-state index contributed by atoms with van der Waals surface area (Å²) in [6, 6.07) is 2.62. The highest BCUT2D eigenvalue weighted by Gasteiger charge is 2.34. The molecule has 1 aliphatic carbocycles. The van der Waals surface area contributed by atoms with E-state index in [1.54, 1.807) is 0 Å². The molecule has 0 aliphatic heterocycles. The highest BCUT2D eigenvalue weighted by molar-refractivity contribution is 5.26. The third-order valence-corrected chi connectivity index (χ3v) is 3.35. The van der Waals surface area contributed by atoms with Crippen LogP contribution in [0.25, 0.3) is 0 Å². The first-order valence-corrected chi connectivity index (χ1v) is 5.28. The second kappa shape index (κ2) is 3.35. The van der Waals surface area contributed by atoms with E-state index in [9.17, 15) is 0 Å². The summed E-state index contributed by atoms with van der Waals surface area (Å²) < 4.78 is 0. The largest absolute Gasteiger partial charge is 0.328 e. The molecule has 0 aromatic carbocycles. The monoisotopic (exact) mass is 190 g/mol. The van der Waals surface area contributed by atoms with Crippen molar-refractivity contribution in [2.24, 2.45) is 5.73 Å². The molecule has 76 valence electrons. The molecule has 14 heavy (non-hydrogen) atoms. The van der Waals surface area contributed by atoms with E-state index in [1.165, 1.54) is 17.5 Å². The zero-order valence-corrected chi connectivity index (χ0v) is 8.96. The normalized spacial score (nSPS) is 32.1. The van der Waals surface area contributed by atoms with E-state index < -0.39 is 0 Å². The van der Waals surface area contributed by atoms with Crippen LogP contribution < -0.4 is 5.73 Å². The van der Waals surface area contributed by atoms with E-state index in [0.29, 0.717) is 6.04 Å². The Hall–Kier alpha value is -0.890. The summed E-state index contributed by atoms with van der Waals surface area (Å²) in [6.07, 6.45) is 7.33. The van der Waals surface area contributed by atoms with E-state index in [-0.39, 0.29) is 5.41 Å². The Morgan fingerprint density at radius 3 is 2.86 bits per heavy atom. The average Bonchev–Trinajstić information content (AvgIpc) is 2.48. The molecular formula is C12H18N2. The van der Waals surface area contributed by atoms with Crippen molar-refractivity contribution in [1.82, 2.24) is 4.98 Å². The molecule has 1 aromatic heterocycles. The smallest absolute Gasteiger partial charge is 0.0305 e. The van der Waals surface area contributed by atoms with Gasteiger partial charge in [-0.05, 0) is 42.7 Å². The Balaban J connectivity index is 2.30. The Bertz CT molecular complexity index is 335.